The molecule has 0 spiro atoms. The average Bonchev–Trinajstić information content (AvgIpc) is 2.59. The summed E-state index contributed by atoms with van der Waals surface area (Å²) >= 11 is 5.88. The fourth-order valence-electron chi connectivity index (χ4n) is 2.09. The summed E-state index contributed by atoms with van der Waals surface area (Å²) in [7, 11) is 1.78. The van der Waals surface area contributed by atoms with Crippen molar-refractivity contribution in [1.82, 2.24) is 10.6 Å². The van der Waals surface area contributed by atoms with Gasteiger partial charge in [0.1, 0.15) is 0 Å². The van der Waals surface area contributed by atoms with E-state index in [2.05, 4.69) is 33.1 Å². The molecule has 130 valence electrons. The van der Waals surface area contributed by atoms with Crippen molar-refractivity contribution in [2.75, 3.05) is 25.5 Å². The van der Waals surface area contributed by atoms with E-state index >= 15 is 0 Å². The molecular weight excluding hydrogens is 435 g/mol. The lowest BCUT2D eigenvalue weighted by molar-refractivity contribution is 0.762. The van der Waals surface area contributed by atoms with Crippen LogP contribution >= 0.6 is 35.6 Å². The Balaban J connectivity index is 0.00000288. The van der Waals surface area contributed by atoms with Gasteiger partial charge in [0.15, 0.2) is 5.96 Å². The lowest BCUT2D eigenvalue weighted by atomic mass is 10.2. The summed E-state index contributed by atoms with van der Waals surface area (Å²) in [5, 5.41) is 10.7. The van der Waals surface area contributed by atoms with Crippen molar-refractivity contribution in [3.63, 3.8) is 0 Å². The monoisotopic (exact) mass is 458 g/mol. The number of hydrogen-bond acceptors (Lipinski definition) is 2. The van der Waals surface area contributed by atoms with Crippen LogP contribution in [-0.2, 0) is 6.54 Å². The molecule has 2 aromatic rings. The first kappa shape index (κ1) is 20.6. The van der Waals surface area contributed by atoms with Gasteiger partial charge >= 0.3 is 0 Å². The minimum absolute atomic E-state index is 0. The molecule has 0 unspecified atom stereocenters. The largest absolute Gasteiger partial charge is 0.385 e. The quantitative estimate of drug-likeness (QED) is 0.253. The molecule has 0 heterocycles. The van der Waals surface area contributed by atoms with E-state index in [0.29, 0.717) is 0 Å². The van der Waals surface area contributed by atoms with E-state index in [1.807, 2.05) is 42.5 Å². The van der Waals surface area contributed by atoms with Crippen molar-refractivity contribution in [2.24, 2.45) is 4.99 Å². The zero-order valence-electron chi connectivity index (χ0n) is 13.8. The van der Waals surface area contributed by atoms with Gasteiger partial charge in [0.25, 0.3) is 0 Å². The van der Waals surface area contributed by atoms with Gasteiger partial charge in [0.2, 0.25) is 0 Å². The third-order valence-corrected chi connectivity index (χ3v) is 3.60. The normalized spacial score (nSPS) is 10.7. The molecule has 0 aliphatic carbocycles. The van der Waals surface area contributed by atoms with Crippen molar-refractivity contribution in [2.45, 2.75) is 13.0 Å². The molecule has 0 aromatic heterocycles. The summed E-state index contributed by atoms with van der Waals surface area (Å²) in [6.07, 6.45) is 1.01. The lowest BCUT2D eigenvalue weighted by Gasteiger charge is -2.12. The summed E-state index contributed by atoms with van der Waals surface area (Å²) < 4.78 is 0. The van der Waals surface area contributed by atoms with Gasteiger partial charge in [-0.2, -0.15) is 0 Å². The molecule has 24 heavy (non-hydrogen) atoms. The highest BCUT2D eigenvalue weighted by molar-refractivity contribution is 14.0. The Bertz CT molecular complexity index is 602. The van der Waals surface area contributed by atoms with Crippen molar-refractivity contribution < 1.29 is 0 Å². The molecule has 3 N–H and O–H groups in total. The molecule has 0 aliphatic heterocycles. The summed E-state index contributed by atoms with van der Waals surface area (Å²) in [5.41, 5.74) is 2.32. The van der Waals surface area contributed by atoms with Crippen molar-refractivity contribution in [1.29, 1.82) is 0 Å². The summed E-state index contributed by atoms with van der Waals surface area (Å²) in [6, 6.07) is 18.0. The Labute approximate surface area is 166 Å². The number of rotatable bonds is 7. The predicted molar refractivity (Wildman–Crippen MR) is 115 cm³/mol. The maximum atomic E-state index is 5.88. The zero-order chi connectivity index (χ0) is 16.3. The first-order valence-electron chi connectivity index (χ1n) is 7.76. The van der Waals surface area contributed by atoms with Gasteiger partial charge in [-0.25, -0.2) is 0 Å². The molecule has 6 heteroatoms. The van der Waals surface area contributed by atoms with Gasteiger partial charge in [-0.1, -0.05) is 41.9 Å². The third kappa shape index (κ3) is 7.88. The summed E-state index contributed by atoms with van der Waals surface area (Å²) in [6.45, 7) is 2.50. The highest BCUT2D eigenvalue weighted by atomic mass is 127. The van der Waals surface area contributed by atoms with E-state index in [1.165, 1.54) is 5.56 Å². The molecule has 0 saturated carbocycles. The van der Waals surface area contributed by atoms with Crippen molar-refractivity contribution in [3.05, 3.63) is 65.2 Å². The number of hydrogen-bond donors (Lipinski definition) is 3. The van der Waals surface area contributed by atoms with Crippen LogP contribution in [0.4, 0.5) is 5.69 Å². The van der Waals surface area contributed by atoms with Gasteiger partial charge < -0.3 is 16.0 Å². The van der Waals surface area contributed by atoms with E-state index < -0.39 is 0 Å². The average molecular weight is 459 g/mol. The molecule has 0 radical (unpaired) electrons. The number of aliphatic imine (C=N–C) groups is 1. The maximum absolute atomic E-state index is 5.88. The van der Waals surface area contributed by atoms with Crippen LogP contribution in [0.5, 0.6) is 0 Å². The maximum Gasteiger partial charge on any atom is 0.191 e. The van der Waals surface area contributed by atoms with Gasteiger partial charge in [-0.3, -0.25) is 4.99 Å². The molecule has 4 nitrogen and oxygen atoms in total. The highest BCUT2D eigenvalue weighted by Crippen LogP contribution is 2.09. The van der Waals surface area contributed by atoms with E-state index in [4.69, 9.17) is 11.6 Å². The minimum atomic E-state index is 0. The first-order valence-corrected chi connectivity index (χ1v) is 8.13. The summed E-state index contributed by atoms with van der Waals surface area (Å²) in [5.74, 6) is 0.805. The topological polar surface area (TPSA) is 48.5 Å². The second-order valence-corrected chi connectivity index (χ2v) is 5.56. The number of nitrogens with one attached hydrogen (secondary N) is 3. The molecule has 2 aromatic carbocycles. The van der Waals surface area contributed by atoms with Crippen LogP contribution in [0.3, 0.4) is 0 Å². The van der Waals surface area contributed by atoms with Crippen molar-refractivity contribution >= 4 is 47.2 Å². The Kier molecular flexibility index (Phi) is 10.3. The standard InChI is InChI=1S/C18H23ClN4.HI/c1-20-18(23-14-15-8-10-16(19)11-9-15)22-13-5-12-21-17-6-3-2-4-7-17;/h2-4,6-11,21H,5,12-14H2,1H3,(H2,20,22,23);1H. The summed E-state index contributed by atoms with van der Waals surface area (Å²) in [4.78, 5) is 4.22. The van der Waals surface area contributed by atoms with Crippen LogP contribution in [0.2, 0.25) is 5.02 Å². The van der Waals surface area contributed by atoms with Gasteiger partial charge in [-0.05, 0) is 36.2 Å². The number of guanidine groups is 1. The first-order chi connectivity index (χ1) is 11.3. The number of para-hydroxylation sites is 1. The number of anilines is 1. The Morgan fingerprint density at radius 2 is 1.67 bits per heavy atom. The van der Waals surface area contributed by atoms with E-state index in [-0.39, 0.29) is 24.0 Å². The smallest absolute Gasteiger partial charge is 0.191 e. The molecular formula is C18H24ClIN4. The number of halogens is 2. The number of benzene rings is 2. The van der Waals surface area contributed by atoms with Crippen LogP contribution in [0.1, 0.15) is 12.0 Å². The highest BCUT2D eigenvalue weighted by Gasteiger charge is 1.98. The zero-order valence-corrected chi connectivity index (χ0v) is 16.8. The van der Waals surface area contributed by atoms with Crippen LogP contribution < -0.4 is 16.0 Å². The lowest BCUT2D eigenvalue weighted by Crippen LogP contribution is -2.37. The molecule has 0 bridgehead atoms. The van der Waals surface area contributed by atoms with E-state index in [9.17, 15) is 0 Å². The second kappa shape index (κ2) is 12.0. The van der Waals surface area contributed by atoms with Gasteiger partial charge in [0, 0.05) is 37.4 Å². The van der Waals surface area contributed by atoms with Gasteiger partial charge in [-0.15, -0.1) is 24.0 Å². The SMILES string of the molecule is CN=C(NCCCNc1ccccc1)NCc1ccc(Cl)cc1.I. The Morgan fingerprint density at radius 3 is 2.33 bits per heavy atom. The Morgan fingerprint density at radius 1 is 0.958 bits per heavy atom. The molecule has 0 amide bonds. The molecule has 0 saturated heterocycles. The van der Waals surface area contributed by atoms with Crippen molar-refractivity contribution in [3.8, 4) is 0 Å². The van der Waals surface area contributed by atoms with E-state index in [1.54, 1.807) is 7.05 Å². The fraction of sp³-hybridized carbons (Fsp3) is 0.278. The number of nitrogens with zero attached hydrogens (tertiary/aromatic N) is 1. The minimum Gasteiger partial charge on any atom is -0.385 e. The molecule has 0 atom stereocenters. The Hall–Kier alpha value is -1.47. The molecule has 0 fully saturated rings. The van der Waals surface area contributed by atoms with Crippen LogP contribution in [-0.4, -0.2) is 26.1 Å². The van der Waals surface area contributed by atoms with Crippen LogP contribution in [0, 0.1) is 0 Å². The molecule has 0 aliphatic rings. The predicted octanol–water partition coefficient (Wildman–Crippen LogP) is 4.13. The third-order valence-electron chi connectivity index (χ3n) is 3.35. The second-order valence-electron chi connectivity index (χ2n) is 5.13. The fourth-order valence-corrected chi connectivity index (χ4v) is 2.22. The molecule has 2 rings (SSSR count). The van der Waals surface area contributed by atoms with Crippen LogP contribution in [0.15, 0.2) is 59.6 Å². The van der Waals surface area contributed by atoms with Crippen LogP contribution in [0.25, 0.3) is 0 Å². The van der Waals surface area contributed by atoms with E-state index in [0.717, 1.165) is 42.7 Å². The van der Waals surface area contributed by atoms with Gasteiger partial charge in [0.05, 0.1) is 0 Å².